The molecule has 4 rings (SSSR count). The summed E-state index contributed by atoms with van der Waals surface area (Å²) in [5.74, 6) is -0.836. The molecule has 4 aromatic rings. The second-order valence-electron chi connectivity index (χ2n) is 5.92. The summed E-state index contributed by atoms with van der Waals surface area (Å²) in [5, 5.41) is 14.5. The number of pyridine rings is 1. The van der Waals surface area contributed by atoms with Crippen molar-refractivity contribution in [3.05, 3.63) is 78.4 Å². The summed E-state index contributed by atoms with van der Waals surface area (Å²) >= 11 is 0. The van der Waals surface area contributed by atoms with Gasteiger partial charge in [-0.3, -0.25) is 4.79 Å². The first-order valence-corrected chi connectivity index (χ1v) is 8.06. The molecule has 0 aliphatic carbocycles. The van der Waals surface area contributed by atoms with E-state index >= 15 is 0 Å². The first-order valence-electron chi connectivity index (χ1n) is 8.06. The minimum absolute atomic E-state index is 0.00730. The summed E-state index contributed by atoms with van der Waals surface area (Å²) in [7, 11) is 0. The Morgan fingerprint density at radius 2 is 1.52 bits per heavy atom. The van der Waals surface area contributed by atoms with Gasteiger partial charge in [-0.25, -0.2) is 4.98 Å². The molecule has 2 N–H and O–H groups in total. The molecule has 25 heavy (non-hydrogen) atoms. The fourth-order valence-electron chi connectivity index (χ4n) is 3.05. The van der Waals surface area contributed by atoms with Crippen LogP contribution in [0.2, 0.25) is 0 Å². The van der Waals surface area contributed by atoms with Crippen LogP contribution in [0.1, 0.15) is 5.56 Å². The van der Waals surface area contributed by atoms with Crippen LogP contribution in [0.5, 0.6) is 0 Å². The van der Waals surface area contributed by atoms with Crippen molar-refractivity contribution in [2.45, 2.75) is 6.42 Å². The molecule has 0 unspecified atom stereocenters. The highest BCUT2D eigenvalue weighted by atomic mass is 16.4. The second kappa shape index (κ2) is 6.24. The SMILES string of the molecule is O=C(O)Cc1cccc(Nc2c3ccccc3nc3ccccc23)c1. The van der Waals surface area contributed by atoms with Crippen LogP contribution < -0.4 is 5.32 Å². The number of nitrogens with one attached hydrogen (secondary N) is 1. The summed E-state index contributed by atoms with van der Waals surface area (Å²) in [5.41, 5.74) is 4.45. The van der Waals surface area contributed by atoms with E-state index in [0.29, 0.717) is 0 Å². The third-order valence-corrected chi connectivity index (χ3v) is 4.14. The predicted molar refractivity (Wildman–Crippen MR) is 100 cm³/mol. The van der Waals surface area contributed by atoms with E-state index in [1.807, 2.05) is 72.8 Å². The molecule has 0 saturated heterocycles. The molecular weight excluding hydrogens is 312 g/mol. The van der Waals surface area contributed by atoms with E-state index < -0.39 is 5.97 Å². The van der Waals surface area contributed by atoms with Gasteiger partial charge in [0.2, 0.25) is 0 Å². The van der Waals surface area contributed by atoms with E-state index in [4.69, 9.17) is 10.1 Å². The summed E-state index contributed by atoms with van der Waals surface area (Å²) in [6.45, 7) is 0. The van der Waals surface area contributed by atoms with Gasteiger partial charge in [-0.2, -0.15) is 0 Å². The van der Waals surface area contributed by atoms with Crippen molar-refractivity contribution in [2.24, 2.45) is 0 Å². The van der Waals surface area contributed by atoms with Crippen molar-refractivity contribution >= 4 is 39.1 Å². The molecule has 0 bridgehead atoms. The van der Waals surface area contributed by atoms with Crippen molar-refractivity contribution in [2.75, 3.05) is 5.32 Å². The van der Waals surface area contributed by atoms with E-state index in [-0.39, 0.29) is 6.42 Å². The molecule has 0 spiro atoms. The Morgan fingerprint density at radius 3 is 2.16 bits per heavy atom. The van der Waals surface area contributed by atoms with Gasteiger partial charge < -0.3 is 10.4 Å². The number of benzene rings is 3. The molecule has 0 aliphatic heterocycles. The van der Waals surface area contributed by atoms with Crippen LogP contribution in [0.15, 0.2) is 72.8 Å². The number of aromatic nitrogens is 1. The smallest absolute Gasteiger partial charge is 0.307 e. The highest BCUT2D eigenvalue weighted by molar-refractivity contribution is 6.08. The fraction of sp³-hybridized carbons (Fsp3) is 0.0476. The minimum atomic E-state index is -0.836. The average Bonchev–Trinajstić information content (AvgIpc) is 2.61. The lowest BCUT2D eigenvalue weighted by Crippen LogP contribution is -2.01. The number of carbonyl (C=O) groups is 1. The zero-order valence-corrected chi connectivity index (χ0v) is 13.4. The number of carboxylic acid groups (broad SMARTS) is 1. The molecule has 0 saturated carbocycles. The quantitative estimate of drug-likeness (QED) is 0.530. The molecular formula is C21H16N2O2. The maximum atomic E-state index is 11.0. The van der Waals surface area contributed by atoms with Crippen molar-refractivity contribution in [3.8, 4) is 0 Å². The summed E-state index contributed by atoms with van der Waals surface area (Å²) in [6, 6.07) is 23.5. The van der Waals surface area contributed by atoms with Gasteiger partial charge in [0, 0.05) is 16.5 Å². The van der Waals surface area contributed by atoms with E-state index in [9.17, 15) is 4.79 Å². The minimum Gasteiger partial charge on any atom is -0.481 e. The molecule has 0 radical (unpaired) electrons. The summed E-state index contributed by atoms with van der Waals surface area (Å²) in [6.07, 6.45) is 0.00730. The standard InChI is InChI=1S/C21H16N2O2/c24-20(25)13-14-6-5-7-15(12-14)22-21-16-8-1-3-10-18(16)23-19-11-4-2-9-17(19)21/h1-12H,13H2,(H,22,23)(H,24,25). The Bertz CT molecular complexity index is 1040. The van der Waals surface area contributed by atoms with Crippen molar-refractivity contribution in [3.63, 3.8) is 0 Å². The van der Waals surface area contributed by atoms with Gasteiger partial charge in [0.25, 0.3) is 0 Å². The number of rotatable bonds is 4. The normalized spacial score (nSPS) is 10.9. The highest BCUT2D eigenvalue weighted by Crippen LogP contribution is 2.33. The largest absolute Gasteiger partial charge is 0.481 e. The summed E-state index contributed by atoms with van der Waals surface area (Å²) < 4.78 is 0. The lowest BCUT2D eigenvalue weighted by atomic mass is 10.1. The summed E-state index contributed by atoms with van der Waals surface area (Å²) in [4.78, 5) is 15.7. The Labute approximate surface area is 144 Å². The molecule has 3 aromatic carbocycles. The fourth-order valence-corrected chi connectivity index (χ4v) is 3.05. The van der Waals surface area contributed by atoms with Crippen LogP contribution in [0.4, 0.5) is 11.4 Å². The number of hydrogen-bond donors (Lipinski definition) is 2. The van der Waals surface area contributed by atoms with Crippen LogP contribution in [-0.4, -0.2) is 16.1 Å². The lowest BCUT2D eigenvalue weighted by molar-refractivity contribution is -0.136. The zero-order chi connectivity index (χ0) is 17.2. The average molecular weight is 328 g/mol. The predicted octanol–water partition coefficient (Wildman–Crippen LogP) is 4.76. The van der Waals surface area contributed by atoms with E-state index in [0.717, 1.165) is 38.7 Å². The van der Waals surface area contributed by atoms with Crippen LogP contribution >= 0.6 is 0 Å². The first kappa shape index (κ1) is 15.1. The van der Waals surface area contributed by atoms with Crippen molar-refractivity contribution in [1.29, 1.82) is 0 Å². The Kier molecular flexibility index (Phi) is 3.78. The van der Waals surface area contributed by atoms with Crippen LogP contribution in [0.25, 0.3) is 21.8 Å². The topological polar surface area (TPSA) is 62.2 Å². The van der Waals surface area contributed by atoms with E-state index in [1.165, 1.54) is 0 Å². The number of anilines is 2. The first-order chi connectivity index (χ1) is 12.2. The van der Waals surface area contributed by atoms with Gasteiger partial charge in [0.05, 0.1) is 23.1 Å². The third-order valence-electron chi connectivity index (χ3n) is 4.14. The second-order valence-corrected chi connectivity index (χ2v) is 5.92. The zero-order valence-electron chi connectivity index (χ0n) is 13.4. The molecule has 0 amide bonds. The number of para-hydroxylation sites is 2. The Hall–Kier alpha value is -3.40. The highest BCUT2D eigenvalue weighted by Gasteiger charge is 2.09. The molecule has 4 heteroatoms. The van der Waals surface area contributed by atoms with E-state index in [2.05, 4.69) is 5.32 Å². The molecule has 0 fully saturated rings. The monoisotopic (exact) mass is 328 g/mol. The number of aliphatic carboxylic acids is 1. The van der Waals surface area contributed by atoms with Gasteiger partial charge >= 0.3 is 5.97 Å². The number of fused-ring (bicyclic) bond motifs is 2. The van der Waals surface area contributed by atoms with Crippen molar-refractivity contribution in [1.82, 2.24) is 4.98 Å². The van der Waals surface area contributed by atoms with E-state index in [1.54, 1.807) is 0 Å². The van der Waals surface area contributed by atoms with Gasteiger partial charge in [0.1, 0.15) is 0 Å². The molecule has 1 aromatic heterocycles. The van der Waals surface area contributed by atoms with Crippen LogP contribution in [0, 0.1) is 0 Å². The third kappa shape index (κ3) is 3.02. The maximum Gasteiger partial charge on any atom is 0.307 e. The number of hydrogen-bond acceptors (Lipinski definition) is 3. The number of nitrogens with zero attached hydrogens (tertiary/aromatic N) is 1. The molecule has 122 valence electrons. The molecule has 0 aliphatic rings. The van der Waals surface area contributed by atoms with Crippen LogP contribution in [0.3, 0.4) is 0 Å². The molecule has 1 heterocycles. The van der Waals surface area contributed by atoms with Crippen molar-refractivity contribution < 1.29 is 9.90 Å². The molecule has 0 atom stereocenters. The Morgan fingerprint density at radius 1 is 0.880 bits per heavy atom. The van der Waals surface area contributed by atoms with Gasteiger partial charge in [-0.1, -0.05) is 48.5 Å². The van der Waals surface area contributed by atoms with Gasteiger partial charge in [-0.15, -0.1) is 0 Å². The van der Waals surface area contributed by atoms with Gasteiger partial charge in [0.15, 0.2) is 0 Å². The van der Waals surface area contributed by atoms with Crippen LogP contribution in [-0.2, 0) is 11.2 Å². The Balaban J connectivity index is 1.86. The molecule has 4 nitrogen and oxygen atoms in total. The maximum absolute atomic E-state index is 11.0. The lowest BCUT2D eigenvalue weighted by Gasteiger charge is -2.14. The van der Waals surface area contributed by atoms with Gasteiger partial charge in [-0.05, 0) is 29.8 Å². The number of carboxylic acids is 1.